The molecule has 0 aromatic rings. The van der Waals surface area contributed by atoms with Gasteiger partial charge in [-0.05, 0) is 83.5 Å². The van der Waals surface area contributed by atoms with Gasteiger partial charge in [0.05, 0.1) is 0 Å². The van der Waals surface area contributed by atoms with Crippen LogP contribution in [0.15, 0.2) is 72.9 Å². The summed E-state index contributed by atoms with van der Waals surface area (Å²) in [5.74, 6) is -0.937. The highest BCUT2D eigenvalue weighted by atomic mass is 16.6. The molecule has 6 heteroatoms. The van der Waals surface area contributed by atoms with E-state index in [2.05, 4.69) is 93.7 Å². The minimum atomic E-state index is -0.803. The van der Waals surface area contributed by atoms with Crippen LogP contribution >= 0.6 is 0 Å². The van der Waals surface area contributed by atoms with Gasteiger partial charge in [-0.2, -0.15) is 0 Å². The van der Waals surface area contributed by atoms with E-state index >= 15 is 0 Å². The summed E-state index contributed by atoms with van der Waals surface area (Å²) in [4.78, 5) is 38.3. The third-order valence-electron chi connectivity index (χ3n) is 15.4. The monoisotopic (exact) mass is 1120 g/mol. The lowest BCUT2D eigenvalue weighted by Crippen LogP contribution is -2.30. The van der Waals surface area contributed by atoms with Crippen molar-refractivity contribution in [3.63, 3.8) is 0 Å². The number of esters is 3. The van der Waals surface area contributed by atoms with Crippen LogP contribution in [0.4, 0.5) is 0 Å². The molecule has 0 fully saturated rings. The molecule has 6 nitrogen and oxygen atoms in total. The van der Waals surface area contributed by atoms with Gasteiger partial charge in [-0.1, -0.05) is 331 Å². The van der Waals surface area contributed by atoms with Crippen molar-refractivity contribution in [1.82, 2.24) is 0 Å². The summed E-state index contributed by atoms with van der Waals surface area (Å²) in [7, 11) is 0. The minimum Gasteiger partial charge on any atom is -0.462 e. The van der Waals surface area contributed by atoms with Crippen molar-refractivity contribution in [2.75, 3.05) is 13.2 Å². The van der Waals surface area contributed by atoms with Crippen molar-refractivity contribution in [2.45, 2.75) is 367 Å². The lowest BCUT2D eigenvalue weighted by atomic mass is 10.0. The van der Waals surface area contributed by atoms with Crippen molar-refractivity contribution < 1.29 is 28.6 Å². The Morgan fingerprint density at radius 1 is 0.263 bits per heavy atom. The number of unbranched alkanes of at least 4 members (excludes halogenated alkanes) is 41. The van der Waals surface area contributed by atoms with Gasteiger partial charge in [0.1, 0.15) is 13.2 Å². The summed E-state index contributed by atoms with van der Waals surface area (Å²) in [6, 6.07) is 0. The molecule has 0 bridgehead atoms. The molecular weight excluding hydrogens is 985 g/mol. The van der Waals surface area contributed by atoms with E-state index in [-0.39, 0.29) is 37.5 Å². The Morgan fingerprint density at radius 2 is 0.512 bits per heavy atom. The molecule has 0 saturated heterocycles. The Bertz CT molecular complexity index is 1470. The lowest BCUT2D eigenvalue weighted by Gasteiger charge is -2.18. The largest absolute Gasteiger partial charge is 0.462 e. The summed E-state index contributed by atoms with van der Waals surface area (Å²) in [6.45, 7) is 6.46. The number of rotatable bonds is 64. The summed E-state index contributed by atoms with van der Waals surface area (Å²) < 4.78 is 16.9. The normalized spacial score (nSPS) is 12.5. The van der Waals surface area contributed by atoms with Crippen molar-refractivity contribution in [2.24, 2.45) is 0 Å². The molecule has 1 atom stereocenters. The van der Waals surface area contributed by atoms with E-state index < -0.39 is 6.10 Å². The number of carbonyl (C=O) groups excluding carboxylic acids is 3. The topological polar surface area (TPSA) is 78.9 Å². The Hall–Kier alpha value is -3.15. The second kappa shape index (κ2) is 68.3. The first-order chi connectivity index (χ1) is 39.5. The molecule has 0 amide bonds. The Kier molecular flexibility index (Phi) is 65.7. The number of carbonyl (C=O) groups is 3. The van der Waals surface area contributed by atoms with Crippen molar-refractivity contribution in [3.8, 4) is 0 Å². The molecule has 0 aliphatic carbocycles. The van der Waals surface area contributed by atoms with Crippen molar-refractivity contribution in [1.29, 1.82) is 0 Å². The zero-order valence-electron chi connectivity index (χ0n) is 53.3. The fraction of sp³-hybridized carbons (Fsp3) is 0.797. The third-order valence-corrected chi connectivity index (χ3v) is 15.4. The van der Waals surface area contributed by atoms with Gasteiger partial charge in [-0.3, -0.25) is 14.4 Å². The molecule has 0 rings (SSSR count). The third kappa shape index (κ3) is 65.7. The Labute approximate surface area is 497 Å². The predicted octanol–water partition coefficient (Wildman–Crippen LogP) is 24.1. The van der Waals surface area contributed by atoms with Crippen LogP contribution in [0.2, 0.25) is 0 Å². The van der Waals surface area contributed by atoms with E-state index in [1.807, 2.05) is 0 Å². The van der Waals surface area contributed by atoms with Gasteiger partial charge in [0.2, 0.25) is 0 Å². The molecule has 80 heavy (non-hydrogen) atoms. The first-order valence-electron chi connectivity index (χ1n) is 34.9. The van der Waals surface area contributed by atoms with Crippen LogP contribution in [-0.2, 0) is 28.6 Å². The summed E-state index contributed by atoms with van der Waals surface area (Å²) in [5.41, 5.74) is 0. The van der Waals surface area contributed by atoms with E-state index in [1.165, 1.54) is 205 Å². The highest BCUT2D eigenvalue weighted by Gasteiger charge is 2.19. The fourth-order valence-electron chi connectivity index (χ4n) is 10.2. The summed E-state index contributed by atoms with van der Waals surface area (Å²) >= 11 is 0. The van der Waals surface area contributed by atoms with E-state index in [1.54, 1.807) is 0 Å². The standard InChI is InChI=1S/C74H132O6/c1-4-7-10-13-16-19-22-25-27-28-29-30-31-32-33-34-35-36-37-38-39-40-41-42-43-44-45-47-49-52-55-58-61-64-67-73(76)79-70-71(69-78-72(75)66-63-60-57-54-51-48-24-21-18-15-12-9-6-3)80-74(77)68-65-62-59-56-53-50-46-26-23-20-17-14-11-8-5-2/h8,11-12,15,17,20-21,24,26,46,53,56,71H,4-7,9-10,13-14,16,18-19,22-23,25,27-45,47-52,54-55,57-70H2,1-3H3/b11-8-,15-12-,20-17-,24-21-,46-26-,56-53-. The molecule has 464 valence electrons. The second-order valence-electron chi connectivity index (χ2n) is 23.4. The van der Waals surface area contributed by atoms with Crippen LogP contribution in [0.25, 0.3) is 0 Å². The molecule has 0 aromatic heterocycles. The number of hydrogen-bond acceptors (Lipinski definition) is 6. The average Bonchev–Trinajstić information content (AvgIpc) is 3.46. The molecule has 0 radical (unpaired) electrons. The van der Waals surface area contributed by atoms with Gasteiger partial charge >= 0.3 is 17.9 Å². The summed E-state index contributed by atoms with van der Waals surface area (Å²) in [6.07, 6.45) is 89.7. The predicted molar refractivity (Wildman–Crippen MR) is 348 cm³/mol. The first-order valence-corrected chi connectivity index (χ1v) is 34.9. The zero-order chi connectivity index (χ0) is 57.8. The van der Waals surface area contributed by atoms with Gasteiger partial charge in [0.15, 0.2) is 6.10 Å². The zero-order valence-corrected chi connectivity index (χ0v) is 53.3. The van der Waals surface area contributed by atoms with E-state index in [0.717, 1.165) is 109 Å². The quantitative estimate of drug-likeness (QED) is 0.0261. The Morgan fingerprint density at radius 3 is 0.838 bits per heavy atom. The van der Waals surface area contributed by atoms with Crippen molar-refractivity contribution in [3.05, 3.63) is 72.9 Å². The molecule has 0 aromatic carbocycles. The van der Waals surface area contributed by atoms with Crippen LogP contribution in [-0.4, -0.2) is 37.2 Å². The van der Waals surface area contributed by atoms with E-state index in [4.69, 9.17) is 14.2 Å². The molecule has 0 N–H and O–H groups in total. The van der Waals surface area contributed by atoms with E-state index in [0.29, 0.717) is 19.3 Å². The van der Waals surface area contributed by atoms with Gasteiger partial charge in [-0.15, -0.1) is 0 Å². The van der Waals surface area contributed by atoms with Crippen LogP contribution in [0.5, 0.6) is 0 Å². The van der Waals surface area contributed by atoms with Crippen LogP contribution in [0.3, 0.4) is 0 Å². The number of allylic oxidation sites excluding steroid dienone is 12. The molecular formula is C74H132O6. The fourth-order valence-corrected chi connectivity index (χ4v) is 10.2. The molecule has 0 aliphatic rings. The van der Waals surface area contributed by atoms with Gasteiger partial charge in [0.25, 0.3) is 0 Å². The Balaban J connectivity index is 4.10. The maximum atomic E-state index is 12.9. The van der Waals surface area contributed by atoms with Crippen LogP contribution in [0.1, 0.15) is 361 Å². The molecule has 0 aliphatic heterocycles. The molecule has 0 saturated carbocycles. The molecule has 0 heterocycles. The molecule has 0 spiro atoms. The van der Waals surface area contributed by atoms with Gasteiger partial charge in [-0.25, -0.2) is 0 Å². The maximum Gasteiger partial charge on any atom is 0.306 e. The second-order valence-corrected chi connectivity index (χ2v) is 23.4. The van der Waals surface area contributed by atoms with E-state index in [9.17, 15) is 14.4 Å². The average molecular weight is 1120 g/mol. The highest BCUT2D eigenvalue weighted by molar-refractivity contribution is 5.71. The van der Waals surface area contributed by atoms with Gasteiger partial charge < -0.3 is 14.2 Å². The SMILES string of the molecule is CC/C=C\C/C=C\C/C=C\C/C=C\CCCCC(=O)OC(COC(=O)CCCCCCC/C=C\C/C=C\CCC)COC(=O)CCCCCCCCCCCCCCCCCCCCCCCCCCCCCCCCCCCC. The number of ether oxygens (including phenoxy) is 3. The smallest absolute Gasteiger partial charge is 0.306 e. The van der Waals surface area contributed by atoms with Crippen molar-refractivity contribution >= 4 is 17.9 Å². The molecule has 1 unspecified atom stereocenters. The van der Waals surface area contributed by atoms with Crippen LogP contribution < -0.4 is 0 Å². The summed E-state index contributed by atoms with van der Waals surface area (Å²) in [5, 5.41) is 0. The maximum absolute atomic E-state index is 12.9. The van der Waals surface area contributed by atoms with Gasteiger partial charge in [0, 0.05) is 19.3 Å². The lowest BCUT2D eigenvalue weighted by molar-refractivity contribution is -0.167. The van der Waals surface area contributed by atoms with Crippen LogP contribution in [0, 0.1) is 0 Å². The first kappa shape index (κ1) is 76.9. The number of hydrogen-bond donors (Lipinski definition) is 0. The highest BCUT2D eigenvalue weighted by Crippen LogP contribution is 2.18. The minimum absolute atomic E-state index is 0.0943.